The molecular formula is C21H28N2O2S. The first kappa shape index (κ1) is 18.9. The highest BCUT2D eigenvalue weighted by Crippen LogP contribution is 2.28. The SMILES string of the molecule is CC(C)c1ccccc1N1CCN(S(=O)(=O)CCc2ccccc2)CC1. The van der Waals surface area contributed by atoms with E-state index in [4.69, 9.17) is 0 Å². The summed E-state index contributed by atoms with van der Waals surface area (Å²) in [5.41, 5.74) is 3.64. The molecule has 0 saturated carbocycles. The molecule has 2 aromatic rings. The molecule has 0 N–H and O–H groups in total. The molecule has 140 valence electrons. The second kappa shape index (κ2) is 8.23. The molecular weight excluding hydrogens is 344 g/mol. The molecule has 2 aromatic carbocycles. The van der Waals surface area contributed by atoms with Gasteiger partial charge in [-0.15, -0.1) is 0 Å². The van der Waals surface area contributed by atoms with E-state index in [2.05, 4.69) is 43.0 Å². The maximum atomic E-state index is 12.7. The average molecular weight is 373 g/mol. The van der Waals surface area contributed by atoms with Crippen LogP contribution in [0.15, 0.2) is 54.6 Å². The lowest BCUT2D eigenvalue weighted by molar-refractivity contribution is 0.384. The second-order valence-electron chi connectivity index (χ2n) is 7.15. The summed E-state index contributed by atoms with van der Waals surface area (Å²) in [7, 11) is -3.21. The Hall–Kier alpha value is -1.85. The van der Waals surface area contributed by atoms with Gasteiger partial charge in [-0.25, -0.2) is 8.42 Å². The fraction of sp³-hybridized carbons (Fsp3) is 0.429. The van der Waals surface area contributed by atoms with Crippen molar-refractivity contribution in [1.29, 1.82) is 0 Å². The van der Waals surface area contributed by atoms with Crippen molar-refractivity contribution in [3.05, 3.63) is 65.7 Å². The molecule has 0 amide bonds. The van der Waals surface area contributed by atoms with Gasteiger partial charge >= 0.3 is 0 Å². The van der Waals surface area contributed by atoms with Gasteiger partial charge in [0.25, 0.3) is 0 Å². The van der Waals surface area contributed by atoms with Gasteiger partial charge < -0.3 is 4.90 Å². The van der Waals surface area contributed by atoms with E-state index in [9.17, 15) is 8.42 Å². The van der Waals surface area contributed by atoms with Gasteiger partial charge in [0.2, 0.25) is 10.0 Å². The summed E-state index contributed by atoms with van der Waals surface area (Å²) in [5, 5.41) is 0. The van der Waals surface area contributed by atoms with Crippen molar-refractivity contribution in [3.8, 4) is 0 Å². The topological polar surface area (TPSA) is 40.6 Å². The van der Waals surface area contributed by atoms with Crippen molar-refractivity contribution in [2.45, 2.75) is 26.2 Å². The number of anilines is 1. The number of hydrogen-bond acceptors (Lipinski definition) is 3. The molecule has 0 bridgehead atoms. The number of piperazine rings is 1. The van der Waals surface area contributed by atoms with Gasteiger partial charge in [-0.2, -0.15) is 4.31 Å². The largest absolute Gasteiger partial charge is 0.369 e. The van der Waals surface area contributed by atoms with Crippen molar-refractivity contribution in [3.63, 3.8) is 0 Å². The van der Waals surface area contributed by atoms with Crippen LogP contribution in [0.3, 0.4) is 0 Å². The number of rotatable bonds is 6. The summed E-state index contributed by atoms with van der Waals surface area (Å²) in [5.74, 6) is 0.637. The summed E-state index contributed by atoms with van der Waals surface area (Å²) in [6.07, 6.45) is 0.569. The van der Waals surface area contributed by atoms with Crippen LogP contribution in [0.25, 0.3) is 0 Å². The monoisotopic (exact) mass is 372 g/mol. The number of sulfonamides is 1. The third kappa shape index (κ3) is 4.46. The van der Waals surface area contributed by atoms with Crippen LogP contribution in [0.1, 0.15) is 30.9 Å². The van der Waals surface area contributed by atoms with Crippen LogP contribution in [0.5, 0.6) is 0 Å². The molecule has 1 aliphatic heterocycles. The second-order valence-corrected chi connectivity index (χ2v) is 9.24. The lowest BCUT2D eigenvalue weighted by atomic mass is 10.00. The van der Waals surface area contributed by atoms with Crippen LogP contribution < -0.4 is 4.90 Å². The standard InChI is InChI=1S/C21H28N2O2S/c1-18(2)20-10-6-7-11-21(20)22-13-15-23(16-14-22)26(24,25)17-12-19-8-4-3-5-9-19/h3-11,18H,12-17H2,1-2H3. The van der Waals surface area contributed by atoms with E-state index in [0.717, 1.165) is 18.7 Å². The van der Waals surface area contributed by atoms with Crippen LogP contribution in [-0.2, 0) is 16.4 Å². The first-order valence-electron chi connectivity index (χ1n) is 9.33. The van der Waals surface area contributed by atoms with Gasteiger partial charge in [-0.05, 0) is 29.5 Å². The van der Waals surface area contributed by atoms with E-state index >= 15 is 0 Å². The smallest absolute Gasteiger partial charge is 0.214 e. The third-order valence-electron chi connectivity index (χ3n) is 5.02. The summed E-state index contributed by atoms with van der Waals surface area (Å²) in [6, 6.07) is 18.3. The van der Waals surface area contributed by atoms with Crippen molar-refractivity contribution < 1.29 is 8.42 Å². The molecule has 1 heterocycles. The van der Waals surface area contributed by atoms with Crippen molar-refractivity contribution in [2.75, 3.05) is 36.8 Å². The molecule has 1 aliphatic rings. The molecule has 0 radical (unpaired) electrons. The van der Waals surface area contributed by atoms with E-state index in [0.29, 0.717) is 25.4 Å². The van der Waals surface area contributed by atoms with Gasteiger partial charge in [0.05, 0.1) is 5.75 Å². The number of para-hydroxylation sites is 1. The first-order chi connectivity index (χ1) is 12.5. The van der Waals surface area contributed by atoms with Crippen LogP contribution >= 0.6 is 0 Å². The summed E-state index contributed by atoms with van der Waals surface area (Å²) in [4.78, 5) is 2.32. The fourth-order valence-electron chi connectivity index (χ4n) is 3.49. The molecule has 5 heteroatoms. The Morgan fingerprint density at radius 1 is 0.885 bits per heavy atom. The van der Waals surface area contributed by atoms with Gasteiger partial charge in [0.1, 0.15) is 0 Å². The first-order valence-corrected chi connectivity index (χ1v) is 10.9. The molecule has 0 aromatic heterocycles. The fourth-order valence-corrected chi connectivity index (χ4v) is 4.96. The molecule has 3 rings (SSSR count). The van der Waals surface area contributed by atoms with Gasteiger partial charge in [0.15, 0.2) is 0 Å². The third-order valence-corrected chi connectivity index (χ3v) is 6.89. The molecule has 0 unspecified atom stereocenters. The molecule has 26 heavy (non-hydrogen) atoms. The van der Waals surface area contributed by atoms with Crippen molar-refractivity contribution >= 4 is 15.7 Å². The Labute approximate surface area is 157 Å². The Kier molecular flexibility index (Phi) is 5.99. The van der Waals surface area contributed by atoms with Gasteiger partial charge in [-0.3, -0.25) is 0 Å². The van der Waals surface area contributed by atoms with Crippen molar-refractivity contribution in [1.82, 2.24) is 4.31 Å². The normalized spacial score (nSPS) is 16.2. The predicted molar refractivity (Wildman–Crippen MR) is 108 cm³/mol. The van der Waals surface area contributed by atoms with E-state index in [1.54, 1.807) is 4.31 Å². The Bertz CT molecular complexity index is 811. The summed E-state index contributed by atoms with van der Waals surface area (Å²) in [6.45, 7) is 7.00. The molecule has 1 saturated heterocycles. The number of nitrogens with zero attached hydrogens (tertiary/aromatic N) is 2. The summed E-state index contributed by atoms with van der Waals surface area (Å²) < 4.78 is 27.0. The van der Waals surface area contributed by atoms with E-state index in [1.807, 2.05) is 30.3 Å². The predicted octanol–water partition coefficient (Wildman–Crippen LogP) is 3.50. The minimum absolute atomic E-state index is 0.180. The zero-order chi connectivity index (χ0) is 18.6. The van der Waals surface area contributed by atoms with Crippen LogP contribution in [0.4, 0.5) is 5.69 Å². The highest BCUT2D eigenvalue weighted by atomic mass is 32.2. The van der Waals surface area contributed by atoms with E-state index in [-0.39, 0.29) is 5.75 Å². The minimum Gasteiger partial charge on any atom is -0.369 e. The van der Waals surface area contributed by atoms with Crippen LogP contribution in [0.2, 0.25) is 0 Å². The minimum atomic E-state index is -3.21. The zero-order valence-electron chi connectivity index (χ0n) is 15.6. The summed E-state index contributed by atoms with van der Waals surface area (Å²) >= 11 is 0. The van der Waals surface area contributed by atoms with Crippen molar-refractivity contribution in [2.24, 2.45) is 0 Å². The number of hydrogen-bond donors (Lipinski definition) is 0. The Morgan fingerprint density at radius 3 is 2.15 bits per heavy atom. The van der Waals surface area contributed by atoms with Crippen LogP contribution in [0, 0.1) is 0 Å². The van der Waals surface area contributed by atoms with Gasteiger partial charge in [-0.1, -0.05) is 62.4 Å². The van der Waals surface area contributed by atoms with E-state index in [1.165, 1.54) is 11.3 Å². The highest BCUT2D eigenvalue weighted by molar-refractivity contribution is 7.89. The maximum absolute atomic E-state index is 12.7. The van der Waals surface area contributed by atoms with Crippen LogP contribution in [-0.4, -0.2) is 44.7 Å². The quantitative estimate of drug-likeness (QED) is 0.779. The zero-order valence-corrected chi connectivity index (χ0v) is 16.5. The average Bonchev–Trinajstić information content (AvgIpc) is 2.67. The molecule has 4 nitrogen and oxygen atoms in total. The molecule has 0 aliphatic carbocycles. The van der Waals surface area contributed by atoms with Gasteiger partial charge in [0, 0.05) is 31.9 Å². The molecule has 0 spiro atoms. The number of benzene rings is 2. The lowest BCUT2D eigenvalue weighted by Crippen LogP contribution is -2.49. The molecule has 0 atom stereocenters. The molecule has 1 fully saturated rings. The Balaban J connectivity index is 1.61. The highest BCUT2D eigenvalue weighted by Gasteiger charge is 2.27. The number of aryl methyl sites for hydroxylation is 1. The Morgan fingerprint density at radius 2 is 1.50 bits per heavy atom. The lowest BCUT2D eigenvalue weighted by Gasteiger charge is -2.36. The van der Waals surface area contributed by atoms with E-state index < -0.39 is 10.0 Å². The maximum Gasteiger partial charge on any atom is 0.214 e.